The minimum absolute atomic E-state index is 0.169. The standard InChI is InChI=1S/C9H19N3O/c1-3-11-4-5-12(9(11)13)7-8(2)6-10/h8H,3-7,10H2,1-2H3. The highest BCUT2D eigenvalue weighted by molar-refractivity contribution is 5.76. The van der Waals surface area contributed by atoms with Crippen LogP contribution in [0, 0.1) is 5.92 Å². The molecule has 1 aliphatic rings. The van der Waals surface area contributed by atoms with Gasteiger partial charge in [0.2, 0.25) is 0 Å². The molecule has 4 heteroatoms. The Morgan fingerprint density at radius 3 is 2.54 bits per heavy atom. The monoisotopic (exact) mass is 185 g/mol. The second-order valence-corrected chi connectivity index (χ2v) is 3.65. The normalized spacial score (nSPS) is 19.8. The first-order valence-electron chi connectivity index (χ1n) is 4.93. The van der Waals surface area contributed by atoms with Gasteiger partial charge in [0.1, 0.15) is 0 Å². The number of amides is 2. The van der Waals surface area contributed by atoms with Crippen LogP contribution in [0.15, 0.2) is 0 Å². The van der Waals surface area contributed by atoms with Crippen LogP contribution in [0.2, 0.25) is 0 Å². The van der Waals surface area contributed by atoms with Gasteiger partial charge in [0.15, 0.2) is 0 Å². The Hall–Kier alpha value is -0.770. The quantitative estimate of drug-likeness (QED) is 0.686. The maximum absolute atomic E-state index is 11.6. The molecule has 0 spiro atoms. The number of carbonyl (C=O) groups excluding carboxylic acids is 1. The molecule has 0 aromatic heterocycles. The Kier molecular flexibility index (Phi) is 3.54. The number of rotatable bonds is 4. The maximum Gasteiger partial charge on any atom is 0.320 e. The van der Waals surface area contributed by atoms with E-state index in [4.69, 9.17) is 5.73 Å². The van der Waals surface area contributed by atoms with E-state index < -0.39 is 0 Å². The van der Waals surface area contributed by atoms with E-state index in [0.29, 0.717) is 12.5 Å². The summed E-state index contributed by atoms with van der Waals surface area (Å²) in [6.07, 6.45) is 0. The summed E-state index contributed by atoms with van der Waals surface area (Å²) in [5, 5.41) is 0. The van der Waals surface area contributed by atoms with Crippen molar-refractivity contribution in [3.05, 3.63) is 0 Å². The molecule has 0 aromatic carbocycles. The van der Waals surface area contributed by atoms with Crippen LogP contribution in [-0.2, 0) is 0 Å². The number of carbonyl (C=O) groups is 1. The third-order valence-electron chi connectivity index (χ3n) is 2.50. The second-order valence-electron chi connectivity index (χ2n) is 3.65. The number of urea groups is 1. The smallest absolute Gasteiger partial charge is 0.320 e. The first-order chi connectivity index (χ1) is 6.19. The molecule has 4 nitrogen and oxygen atoms in total. The summed E-state index contributed by atoms with van der Waals surface area (Å²) in [4.78, 5) is 15.4. The fraction of sp³-hybridized carbons (Fsp3) is 0.889. The molecule has 2 amide bonds. The highest BCUT2D eigenvalue weighted by atomic mass is 16.2. The number of nitrogens with zero attached hydrogens (tertiary/aromatic N) is 2. The van der Waals surface area contributed by atoms with Crippen molar-refractivity contribution >= 4 is 6.03 Å². The van der Waals surface area contributed by atoms with Gasteiger partial charge in [-0.25, -0.2) is 4.79 Å². The molecular weight excluding hydrogens is 166 g/mol. The van der Waals surface area contributed by atoms with E-state index in [1.165, 1.54) is 0 Å². The Balaban J connectivity index is 2.41. The summed E-state index contributed by atoms with van der Waals surface area (Å²) in [5.74, 6) is 0.403. The minimum atomic E-state index is 0.169. The average Bonchev–Trinajstić information content (AvgIpc) is 2.48. The van der Waals surface area contributed by atoms with Crippen molar-refractivity contribution < 1.29 is 4.79 Å². The summed E-state index contributed by atoms with van der Waals surface area (Å²) >= 11 is 0. The van der Waals surface area contributed by atoms with Crippen molar-refractivity contribution in [3.63, 3.8) is 0 Å². The molecule has 76 valence electrons. The predicted molar refractivity (Wildman–Crippen MR) is 52.4 cm³/mol. The van der Waals surface area contributed by atoms with E-state index in [-0.39, 0.29) is 6.03 Å². The number of hydrogen-bond acceptors (Lipinski definition) is 2. The zero-order chi connectivity index (χ0) is 9.84. The Morgan fingerprint density at radius 1 is 1.46 bits per heavy atom. The van der Waals surface area contributed by atoms with Gasteiger partial charge in [-0.05, 0) is 19.4 Å². The second kappa shape index (κ2) is 4.46. The lowest BCUT2D eigenvalue weighted by molar-refractivity contribution is 0.189. The molecule has 0 bridgehead atoms. The van der Waals surface area contributed by atoms with Crippen LogP contribution in [0.25, 0.3) is 0 Å². The van der Waals surface area contributed by atoms with Crippen molar-refractivity contribution in [2.45, 2.75) is 13.8 Å². The Morgan fingerprint density at radius 2 is 2.08 bits per heavy atom. The van der Waals surface area contributed by atoms with Crippen LogP contribution in [0.3, 0.4) is 0 Å². The van der Waals surface area contributed by atoms with E-state index in [2.05, 4.69) is 6.92 Å². The summed E-state index contributed by atoms with van der Waals surface area (Å²) in [7, 11) is 0. The lowest BCUT2D eigenvalue weighted by atomic mass is 10.2. The zero-order valence-corrected chi connectivity index (χ0v) is 8.49. The molecule has 2 N–H and O–H groups in total. The predicted octanol–water partition coefficient (Wildman–Crippen LogP) is 0.339. The van der Waals surface area contributed by atoms with Gasteiger partial charge < -0.3 is 15.5 Å². The van der Waals surface area contributed by atoms with E-state index in [1.54, 1.807) is 0 Å². The van der Waals surface area contributed by atoms with Crippen LogP contribution in [0.5, 0.6) is 0 Å². The Bertz CT molecular complexity index is 184. The molecule has 0 aliphatic carbocycles. The van der Waals surface area contributed by atoms with Crippen molar-refractivity contribution in [1.82, 2.24) is 9.80 Å². The lowest BCUT2D eigenvalue weighted by Crippen LogP contribution is -2.36. The van der Waals surface area contributed by atoms with Gasteiger partial charge >= 0.3 is 6.03 Å². The molecule has 1 unspecified atom stereocenters. The van der Waals surface area contributed by atoms with Crippen molar-refractivity contribution in [2.24, 2.45) is 11.7 Å². The topological polar surface area (TPSA) is 49.6 Å². The van der Waals surface area contributed by atoms with Crippen molar-refractivity contribution in [3.8, 4) is 0 Å². The van der Waals surface area contributed by atoms with E-state index in [0.717, 1.165) is 26.2 Å². The molecule has 1 fully saturated rings. The van der Waals surface area contributed by atoms with Gasteiger partial charge in [0, 0.05) is 26.2 Å². The minimum Gasteiger partial charge on any atom is -0.330 e. The number of likely N-dealkylation sites (N-methyl/N-ethyl adjacent to an activating group) is 1. The van der Waals surface area contributed by atoms with Crippen LogP contribution < -0.4 is 5.73 Å². The summed E-state index contributed by atoms with van der Waals surface area (Å²) < 4.78 is 0. The van der Waals surface area contributed by atoms with Crippen LogP contribution in [0.1, 0.15) is 13.8 Å². The summed E-state index contributed by atoms with van der Waals surface area (Å²) in [5.41, 5.74) is 5.51. The molecule has 1 atom stereocenters. The molecule has 1 aliphatic heterocycles. The van der Waals surface area contributed by atoms with Crippen molar-refractivity contribution in [2.75, 3.05) is 32.7 Å². The van der Waals surface area contributed by atoms with Gasteiger partial charge in [-0.3, -0.25) is 0 Å². The highest BCUT2D eigenvalue weighted by Gasteiger charge is 2.27. The van der Waals surface area contributed by atoms with Gasteiger partial charge in [0.05, 0.1) is 0 Å². The van der Waals surface area contributed by atoms with Gasteiger partial charge in [-0.2, -0.15) is 0 Å². The first kappa shape index (κ1) is 10.3. The fourth-order valence-electron chi connectivity index (χ4n) is 1.55. The first-order valence-corrected chi connectivity index (χ1v) is 4.93. The van der Waals surface area contributed by atoms with E-state index >= 15 is 0 Å². The van der Waals surface area contributed by atoms with Crippen LogP contribution >= 0.6 is 0 Å². The van der Waals surface area contributed by atoms with Crippen LogP contribution in [0.4, 0.5) is 4.79 Å². The molecule has 1 heterocycles. The third-order valence-corrected chi connectivity index (χ3v) is 2.50. The Labute approximate surface area is 79.7 Å². The zero-order valence-electron chi connectivity index (χ0n) is 8.49. The highest BCUT2D eigenvalue weighted by Crippen LogP contribution is 2.09. The molecular formula is C9H19N3O. The SMILES string of the molecule is CCN1CCN(CC(C)CN)C1=O. The summed E-state index contributed by atoms with van der Waals surface area (Å²) in [6, 6.07) is 0.169. The molecule has 0 saturated carbocycles. The van der Waals surface area contributed by atoms with Gasteiger partial charge in [0.25, 0.3) is 0 Å². The van der Waals surface area contributed by atoms with Gasteiger partial charge in [-0.1, -0.05) is 6.92 Å². The molecule has 1 rings (SSSR count). The third kappa shape index (κ3) is 2.34. The lowest BCUT2D eigenvalue weighted by Gasteiger charge is -2.20. The largest absolute Gasteiger partial charge is 0.330 e. The molecule has 0 radical (unpaired) electrons. The number of hydrogen-bond donors (Lipinski definition) is 1. The molecule has 1 saturated heterocycles. The van der Waals surface area contributed by atoms with Crippen molar-refractivity contribution in [1.29, 1.82) is 0 Å². The van der Waals surface area contributed by atoms with E-state index in [1.807, 2.05) is 16.7 Å². The fourth-order valence-corrected chi connectivity index (χ4v) is 1.55. The van der Waals surface area contributed by atoms with E-state index in [9.17, 15) is 4.79 Å². The van der Waals surface area contributed by atoms with Crippen LogP contribution in [-0.4, -0.2) is 48.6 Å². The molecule has 0 aromatic rings. The average molecular weight is 185 g/mol. The van der Waals surface area contributed by atoms with Gasteiger partial charge in [-0.15, -0.1) is 0 Å². The summed E-state index contributed by atoms with van der Waals surface area (Å²) in [6.45, 7) is 8.06. The number of nitrogens with two attached hydrogens (primary N) is 1. The molecule has 13 heavy (non-hydrogen) atoms. The maximum atomic E-state index is 11.6.